The summed E-state index contributed by atoms with van der Waals surface area (Å²) < 4.78 is 10.9. The average Bonchev–Trinajstić information content (AvgIpc) is 3.13. The minimum atomic E-state index is 0.334. The molecule has 3 rings (SSSR count). The van der Waals surface area contributed by atoms with Gasteiger partial charge < -0.3 is 9.47 Å². The first kappa shape index (κ1) is 11.1. The van der Waals surface area contributed by atoms with Crippen molar-refractivity contribution < 1.29 is 9.47 Å². The quantitative estimate of drug-likeness (QED) is 0.744. The van der Waals surface area contributed by atoms with Crippen LogP contribution in [0.5, 0.6) is 5.75 Å². The molecule has 1 fully saturated rings. The molecule has 92 valence electrons. The van der Waals surface area contributed by atoms with Crippen molar-refractivity contribution in [3.63, 3.8) is 0 Å². The van der Waals surface area contributed by atoms with E-state index < -0.39 is 0 Å². The summed E-state index contributed by atoms with van der Waals surface area (Å²) in [5.74, 6) is 1.00. The Morgan fingerprint density at radius 3 is 3.00 bits per heavy atom. The van der Waals surface area contributed by atoms with Crippen LogP contribution in [0.1, 0.15) is 37.8 Å². The van der Waals surface area contributed by atoms with E-state index >= 15 is 0 Å². The van der Waals surface area contributed by atoms with Crippen LogP contribution in [0.25, 0.3) is 0 Å². The summed E-state index contributed by atoms with van der Waals surface area (Å²) in [7, 11) is 0. The zero-order valence-corrected chi connectivity index (χ0v) is 10.7. The van der Waals surface area contributed by atoms with Crippen LogP contribution in [-0.4, -0.2) is 19.3 Å². The molecule has 2 unspecified atom stereocenters. The summed E-state index contributed by atoms with van der Waals surface area (Å²) in [5.41, 5.74) is 3.35. The van der Waals surface area contributed by atoms with E-state index in [0.29, 0.717) is 18.1 Å². The van der Waals surface area contributed by atoms with Crippen LogP contribution in [0.3, 0.4) is 0 Å². The van der Waals surface area contributed by atoms with Crippen LogP contribution in [0.15, 0.2) is 18.2 Å². The van der Waals surface area contributed by atoms with Gasteiger partial charge in [-0.2, -0.15) is 0 Å². The Hall–Kier alpha value is -1.02. The van der Waals surface area contributed by atoms with Gasteiger partial charge in [-0.25, -0.2) is 0 Å². The number of hydrogen-bond donors (Lipinski definition) is 0. The lowest BCUT2D eigenvalue weighted by molar-refractivity contribution is 0.262. The molecule has 2 nitrogen and oxygen atoms in total. The lowest BCUT2D eigenvalue weighted by atomic mass is 9.81. The fourth-order valence-corrected chi connectivity index (χ4v) is 2.69. The van der Waals surface area contributed by atoms with E-state index in [2.05, 4.69) is 32.0 Å². The fourth-order valence-electron chi connectivity index (χ4n) is 2.69. The normalized spacial score (nSPS) is 30.1. The Morgan fingerprint density at radius 1 is 1.47 bits per heavy atom. The van der Waals surface area contributed by atoms with Crippen LogP contribution in [0.4, 0.5) is 0 Å². The molecule has 0 N–H and O–H groups in total. The molecule has 0 radical (unpaired) electrons. The largest absolute Gasteiger partial charge is 0.491 e. The highest BCUT2D eigenvalue weighted by Gasteiger charge is 2.33. The maximum absolute atomic E-state index is 5.77. The molecule has 1 aromatic carbocycles. The molecule has 1 aromatic rings. The van der Waals surface area contributed by atoms with E-state index in [1.807, 2.05) is 0 Å². The van der Waals surface area contributed by atoms with Gasteiger partial charge in [-0.3, -0.25) is 0 Å². The van der Waals surface area contributed by atoms with E-state index in [0.717, 1.165) is 12.4 Å². The van der Waals surface area contributed by atoms with Crippen molar-refractivity contribution in [1.82, 2.24) is 0 Å². The SMILES string of the molecule is CCC1(C)CCc2ccc(OCC3CO3)cc21. The molecule has 1 aliphatic carbocycles. The Morgan fingerprint density at radius 2 is 2.29 bits per heavy atom. The highest BCUT2D eigenvalue weighted by Crippen LogP contribution is 2.42. The van der Waals surface area contributed by atoms with Crippen LogP contribution in [0, 0.1) is 0 Å². The van der Waals surface area contributed by atoms with Crippen molar-refractivity contribution in [2.24, 2.45) is 0 Å². The number of hydrogen-bond acceptors (Lipinski definition) is 2. The molecule has 2 atom stereocenters. The van der Waals surface area contributed by atoms with Crippen molar-refractivity contribution in [3.05, 3.63) is 29.3 Å². The van der Waals surface area contributed by atoms with Crippen molar-refractivity contribution in [2.45, 2.75) is 44.6 Å². The second-order valence-corrected chi connectivity index (χ2v) is 5.50. The fraction of sp³-hybridized carbons (Fsp3) is 0.600. The predicted molar refractivity (Wildman–Crippen MR) is 67.6 cm³/mol. The highest BCUT2D eigenvalue weighted by molar-refractivity contribution is 5.43. The maximum Gasteiger partial charge on any atom is 0.119 e. The van der Waals surface area contributed by atoms with Crippen LogP contribution in [-0.2, 0) is 16.6 Å². The highest BCUT2D eigenvalue weighted by atomic mass is 16.6. The molecule has 2 aliphatic rings. The van der Waals surface area contributed by atoms with Gasteiger partial charge in [0.05, 0.1) is 6.61 Å². The van der Waals surface area contributed by atoms with E-state index in [1.165, 1.54) is 30.4 Å². The van der Waals surface area contributed by atoms with Gasteiger partial charge in [-0.1, -0.05) is 19.9 Å². The van der Waals surface area contributed by atoms with E-state index in [9.17, 15) is 0 Å². The van der Waals surface area contributed by atoms with Crippen molar-refractivity contribution >= 4 is 0 Å². The first-order valence-electron chi connectivity index (χ1n) is 6.59. The number of aryl methyl sites for hydroxylation is 1. The average molecular weight is 232 g/mol. The van der Waals surface area contributed by atoms with Gasteiger partial charge in [-0.05, 0) is 47.9 Å². The number of epoxide rings is 1. The smallest absolute Gasteiger partial charge is 0.119 e. The molecule has 1 aliphatic heterocycles. The first-order chi connectivity index (χ1) is 8.21. The number of ether oxygens (including phenoxy) is 2. The van der Waals surface area contributed by atoms with Gasteiger partial charge in [0.15, 0.2) is 0 Å². The van der Waals surface area contributed by atoms with Gasteiger partial charge in [0, 0.05) is 0 Å². The van der Waals surface area contributed by atoms with Crippen LogP contribution in [0.2, 0.25) is 0 Å². The summed E-state index contributed by atoms with van der Waals surface area (Å²) in [6, 6.07) is 6.58. The molecule has 2 heteroatoms. The van der Waals surface area contributed by atoms with Crippen molar-refractivity contribution in [2.75, 3.05) is 13.2 Å². The molecule has 0 spiro atoms. The number of rotatable bonds is 4. The maximum atomic E-state index is 5.77. The summed E-state index contributed by atoms with van der Waals surface area (Å²) in [6.07, 6.45) is 4.02. The summed E-state index contributed by atoms with van der Waals surface area (Å²) in [5, 5.41) is 0. The van der Waals surface area contributed by atoms with Gasteiger partial charge in [0.1, 0.15) is 18.5 Å². The third-order valence-corrected chi connectivity index (χ3v) is 4.30. The van der Waals surface area contributed by atoms with Crippen LogP contribution >= 0.6 is 0 Å². The standard InChI is InChI=1S/C15H20O2/c1-3-15(2)7-6-11-4-5-12(8-14(11)15)16-9-13-10-17-13/h4-5,8,13H,3,6-7,9-10H2,1-2H3. The van der Waals surface area contributed by atoms with Crippen LogP contribution < -0.4 is 4.74 Å². The second-order valence-electron chi connectivity index (χ2n) is 5.50. The molecule has 0 bridgehead atoms. The molecule has 17 heavy (non-hydrogen) atoms. The third-order valence-electron chi connectivity index (χ3n) is 4.30. The predicted octanol–water partition coefficient (Wildman–Crippen LogP) is 3.08. The minimum Gasteiger partial charge on any atom is -0.491 e. The third kappa shape index (κ3) is 2.06. The van der Waals surface area contributed by atoms with Gasteiger partial charge >= 0.3 is 0 Å². The number of fused-ring (bicyclic) bond motifs is 1. The minimum absolute atomic E-state index is 0.334. The lowest BCUT2D eigenvalue weighted by Gasteiger charge is -2.23. The zero-order chi connectivity index (χ0) is 11.9. The molecule has 0 saturated carbocycles. The number of benzene rings is 1. The van der Waals surface area contributed by atoms with E-state index in [-0.39, 0.29) is 0 Å². The Labute approximate surface area is 103 Å². The van der Waals surface area contributed by atoms with Gasteiger partial charge in [0.2, 0.25) is 0 Å². The summed E-state index contributed by atoms with van der Waals surface area (Å²) in [4.78, 5) is 0. The summed E-state index contributed by atoms with van der Waals surface area (Å²) >= 11 is 0. The molecule has 0 aromatic heterocycles. The Kier molecular flexibility index (Phi) is 2.62. The van der Waals surface area contributed by atoms with Crippen molar-refractivity contribution in [3.8, 4) is 5.75 Å². The molecule has 1 saturated heterocycles. The Balaban J connectivity index is 1.81. The summed E-state index contributed by atoms with van der Waals surface area (Å²) in [6.45, 7) is 6.20. The monoisotopic (exact) mass is 232 g/mol. The molecular weight excluding hydrogens is 212 g/mol. The Bertz CT molecular complexity index is 423. The molecule has 0 amide bonds. The first-order valence-corrected chi connectivity index (χ1v) is 6.59. The molecule has 1 heterocycles. The zero-order valence-electron chi connectivity index (χ0n) is 10.7. The molecular formula is C15H20O2. The van der Waals surface area contributed by atoms with E-state index in [1.54, 1.807) is 0 Å². The van der Waals surface area contributed by atoms with E-state index in [4.69, 9.17) is 9.47 Å². The second kappa shape index (κ2) is 4.02. The van der Waals surface area contributed by atoms with Crippen molar-refractivity contribution in [1.29, 1.82) is 0 Å². The lowest BCUT2D eigenvalue weighted by Crippen LogP contribution is -2.16. The van der Waals surface area contributed by atoms with Gasteiger partial charge in [-0.15, -0.1) is 0 Å². The topological polar surface area (TPSA) is 21.8 Å². The van der Waals surface area contributed by atoms with Gasteiger partial charge in [0.25, 0.3) is 0 Å².